The third-order valence-corrected chi connectivity index (χ3v) is 8.27. The molecule has 0 unspecified atom stereocenters. The molecule has 7 aromatic carbocycles. The number of rotatable bonds is 1. The molecular weight excluding hydrogens is 460 g/mol. The van der Waals surface area contributed by atoms with Gasteiger partial charge in [-0.2, -0.15) is 0 Å². The van der Waals surface area contributed by atoms with Crippen LogP contribution < -0.4 is 0 Å². The van der Waals surface area contributed by atoms with E-state index in [1.807, 2.05) is 0 Å². The minimum Gasteiger partial charge on any atom is -0.248 e. The molecule has 0 saturated carbocycles. The van der Waals surface area contributed by atoms with Crippen molar-refractivity contribution in [1.29, 1.82) is 0 Å². The van der Waals surface area contributed by atoms with E-state index in [1.54, 1.807) is 0 Å². The first kappa shape index (κ1) is 20.0. The second kappa shape index (κ2) is 7.24. The third-order valence-electron chi connectivity index (χ3n) is 8.27. The summed E-state index contributed by atoms with van der Waals surface area (Å²) in [5.74, 6) is 0. The Kier molecular flexibility index (Phi) is 3.82. The first-order valence-electron chi connectivity index (χ1n) is 13.1. The average Bonchev–Trinajstić information content (AvgIpc) is 3.49. The van der Waals surface area contributed by atoms with Gasteiger partial charge in [-0.05, 0) is 45.1 Å². The molecule has 9 aromatic rings. The van der Waals surface area contributed by atoms with Gasteiger partial charge < -0.3 is 0 Å². The number of hydrogen-bond acceptors (Lipinski definition) is 0. The maximum absolute atomic E-state index is 2.46. The molecule has 0 amide bonds. The minimum absolute atomic E-state index is 1.21. The molecule has 0 N–H and O–H groups in total. The van der Waals surface area contributed by atoms with E-state index < -0.39 is 0 Å². The van der Waals surface area contributed by atoms with Gasteiger partial charge in [0, 0.05) is 26.9 Å². The maximum Gasteiger partial charge on any atom is 0.0800 e. The van der Waals surface area contributed by atoms with Crippen molar-refractivity contribution in [2.75, 3.05) is 0 Å². The van der Waals surface area contributed by atoms with E-state index in [2.05, 4.69) is 143 Å². The predicted octanol–water partition coefficient (Wildman–Crippen LogP) is 9.67. The van der Waals surface area contributed by atoms with Crippen molar-refractivity contribution >= 4 is 75.9 Å². The number of para-hydroxylation sites is 3. The summed E-state index contributed by atoms with van der Waals surface area (Å²) in [6.45, 7) is 0. The number of nitrogens with zero attached hydrogens (tertiary/aromatic N) is 2. The Bertz CT molecular complexity index is 2350. The molecule has 38 heavy (non-hydrogen) atoms. The number of fused-ring (bicyclic) bond motifs is 12. The molecule has 0 bridgehead atoms. The van der Waals surface area contributed by atoms with Crippen LogP contribution in [0.5, 0.6) is 0 Å². The minimum atomic E-state index is 1.21. The molecule has 0 aliphatic rings. The lowest BCUT2D eigenvalue weighted by Crippen LogP contribution is -2.08. The monoisotopic (exact) mass is 482 g/mol. The highest BCUT2D eigenvalue weighted by Crippen LogP contribution is 2.41. The van der Waals surface area contributed by atoms with Crippen LogP contribution in [0.2, 0.25) is 0 Å². The van der Waals surface area contributed by atoms with E-state index in [4.69, 9.17) is 0 Å². The smallest absolute Gasteiger partial charge is 0.0800 e. The van der Waals surface area contributed by atoms with Gasteiger partial charge in [0.1, 0.15) is 0 Å². The Labute approximate surface area is 218 Å². The molecule has 0 spiro atoms. The molecular formula is C36H22N2. The van der Waals surface area contributed by atoms with Crippen molar-refractivity contribution in [2.45, 2.75) is 0 Å². The molecule has 176 valence electrons. The summed E-state index contributed by atoms with van der Waals surface area (Å²) in [5.41, 5.74) is 4.87. The second-order valence-corrected chi connectivity index (χ2v) is 10.2. The quantitative estimate of drug-likeness (QED) is 0.206. The molecule has 0 saturated heterocycles. The Balaban J connectivity index is 1.60. The summed E-state index contributed by atoms with van der Waals surface area (Å²) < 4.78 is 4.89. The molecule has 2 heteroatoms. The zero-order valence-corrected chi connectivity index (χ0v) is 20.6. The van der Waals surface area contributed by atoms with Crippen LogP contribution in [0.25, 0.3) is 75.9 Å². The van der Waals surface area contributed by atoms with Crippen molar-refractivity contribution in [3.8, 4) is 0 Å². The van der Waals surface area contributed by atoms with E-state index in [0.717, 1.165) is 0 Å². The lowest BCUT2D eigenvalue weighted by atomic mass is 9.95. The Hall–Kier alpha value is -5.08. The van der Waals surface area contributed by atoms with Gasteiger partial charge in [-0.25, -0.2) is 9.35 Å². The topological polar surface area (TPSA) is 9.86 Å². The molecule has 0 aliphatic heterocycles. The van der Waals surface area contributed by atoms with E-state index >= 15 is 0 Å². The Morgan fingerprint density at radius 2 is 0.763 bits per heavy atom. The lowest BCUT2D eigenvalue weighted by molar-refractivity contribution is 0.777. The lowest BCUT2D eigenvalue weighted by Gasteiger charge is -2.15. The number of hydrogen-bond donors (Lipinski definition) is 0. The van der Waals surface area contributed by atoms with E-state index in [-0.39, 0.29) is 0 Å². The first-order valence-corrected chi connectivity index (χ1v) is 13.1. The van der Waals surface area contributed by atoms with Crippen LogP contribution in [-0.2, 0) is 0 Å². The molecule has 0 atom stereocenters. The SMILES string of the molecule is c1ccc2c(c1)ccc1c2ccc2ccc3c4ccccc4n(-n4c5ccccc5c5ccccc54)c3c21. The normalized spacial score (nSPS) is 12.2. The van der Waals surface area contributed by atoms with Crippen molar-refractivity contribution in [3.63, 3.8) is 0 Å². The van der Waals surface area contributed by atoms with E-state index in [9.17, 15) is 0 Å². The molecule has 9 rings (SSSR count). The zero-order valence-electron chi connectivity index (χ0n) is 20.6. The van der Waals surface area contributed by atoms with Crippen LogP contribution >= 0.6 is 0 Å². The van der Waals surface area contributed by atoms with Crippen LogP contribution in [0, 0.1) is 0 Å². The summed E-state index contributed by atoms with van der Waals surface area (Å²) in [7, 11) is 0. The van der Waals surface area contributed by atoms with Gasteiger partial charge in [0.15, 0.2) is 0 Å². The standard InChI is InChI=1S/C36H22N2/c1-2-10-25-23(9-1)17-21-30-26(25)20-18-24-19-22-31-29-13-5-8-16-34(29)38(36(31)35(24)30)37-32-14-6-3-11-27(32)28-12-4-7-15-33(28)37/h1-22H. The van der Waals surface area contributed by atoms with Crippen LogP contribution in [-0.4, -0.2) is 9.35 Å². The van der Waals surface area contributed by atoms with Crippen molar-refractivity contribution < 1.29 is 0 Å². The van der Waals surface area contributed by atoms with Gasteiger partial charge >= 0.3 is 0 Å². The largest absolute Gasteiger partial charge is 0.248 e. The average molecular weight is 483 g/mol. The molecule has 0 fully saturated rings. The number of benzene rings is 7. The van der Waals surface area contributed by atoms with Gasteiger partial charge in [-0.15, -0.1) is 0 Å². The van der Waals surface area contributed by atoms with E-state index in [1.165, 1.54) is 75.9 Å². The molecule has 0 aliphatic carbocycles. The van der Waals surface area contributed by atoms with Crippen LogP contribution in [0.3, 0.4) is 0 Å². The van der Waals surface area contributed by atoms with Gasteiger partial charge in [0.05, 0.1) is 22.1 Å². The highest BCUT2D eigenvalue weighted by molar-refractivity contribution is 6.27. The summed E-state index contributed by atoms with van der Waals surface area (Å²) >= 11 is 0. The van der Waals surface area contributed by atoms with Gasteiger partial charge in [-0.1, -0.05) is 115 Å². The van der Waals surface area contributed by atoms with Crippen molar-refractivity contribution in [3.05, 3.63) is 133 Å². The third kappa shape index (κ3) is 2.47. The fourth-order valence-corrected chi connectivity index (χ4v) is 6.66. The second-order valence-electron chi connectivity index (χ2n) is 10.2. The van der Waals surface area contributed by atoms with Gasteiger partial charge in [0.2, 0.25) is 0 Å². The van der Waals surface area contributed by atoms with E-state index in [0.29, 0.717) is 0 Å². The first-order chi connectivity index (χ1) is 18.9. The zero-order chi connectivity index (χ0) is 24.8. The fourth-order valence-electron chi connectivity index (χ4n) is 6.66. The molecule has 0 radical (unpaired) electrons. The molecule has 2 heterocycles. The predicted molar refractivity (Wildman–Crippen MR) is 162 cm³/mol. The Morgan fingerprint density at radius 1 is 0.289 bits per heavy atom. The highest BCUT2D eigenvalue weighted by atomic mass is 15.5. The highest BCUT2D eigenvalue weighted by Gasteiger charge is 2.20. The van der Waals surface area contributed by atoms with Gasteiger partial charge in [0.25, 0.3) is 0 Å². The Morgan fingerprint density at radius 3 is 1.45 bits per heavy atom. The molecule has 2 aromatic heterocycles. The van der Waals surface area contributed by atoms with Crippen molar-refractivity contribution in [2.24, 2.45) is 0 Å². The number of aromatic nitrogens is 2. The van der Waals surface area contributed by atoms with Gasteiger partial charge in [-0.3, -0.25) is 0 Å². The van der Waals surface area contributed by atoms with Crippen LogP contribution in [0.4, 0.5) is 0 Å². The summed E-state index contributed by atoms with van der Waals surface area (Å²) in [4.78, 5) is 0. The van der Waals surface area contributed by atoms with Crippen molar-refractivity contribution in [1.82, 2.24) is 9.35 Å². The summed E-state index contributed by atoms with van der Waals surface area (Å²) in [6.07, 6.45) is 0. The summed E-state index contributed by atoms with van der Waals surface area (Å²) in [6, 6.07) is 48.8. The van der Waals surface area contributed by atoms with Crippen LogP contribution in [0.1, 0.15) is 0 Å². The molecule has 2 nitrogen and oxygen atoms in total. The maximum atomic E-state index is 2.46. The summed E-state index contributed by atoms with van der Waals surface area (Å²) in [5, 5.41) is 12.8. The fraction of sp³-hybridized carbons (Fsp3) is 0. The van der Waals surface area contributed by atoms with Crippen LogP contribution in [0.15, 0.2) is 133 Å².